The number of likely N-dealkylation sites (tertiary alicyclic amines) is 1. The van der Waals surface area contributed by atoms with Crippen LogP contribution < -0.4 is 27.0 Å². The van der Waals surface area contributed by atoms with Gasteiger partial charge in [-0.15, -0.1) is 0 Å². The highest BCUT2D eigenvalue weighted by molar-refractivity contribution is 6.30. The summed E-state index contributed by atoms with van der Waals surface area (Å²) in [5.41, 5.74) is 5.70. The number of aromatic nitrogens is 2. The molecule has 3 aliphatic rings. The third kappa shape index (κ3) is 17.6. The fourth-order valence-corrected chi connectivity index (χ4v) is 11.0. The Morgan fingerprint density at radius 1 is 0.930 bits per heavy atom. The molecule has 7 rings (SSSR count). The first-order valence-corrected chi connectivity index (χ1v) is 29.2. The molecule has 86 heavy (non-hydrogen) atoms. The first kappa shape index (κ1) is 65.7. The van der Waals surface area contributed by atoms with Crippen LogP contribution in [0.4, 0.5) is 28.4 Å². The minimum atomic E-state index is -1.20. The smallest absolute Gasteiger partial charge is 0.410 e. The van der Waals surface area contributed by atoms with Crippen molar-refractivity contribution in [2.24, 2.45) is 17.6 Å². The van der Waals surface area contributed by atoms with Crippen LogP contribution in [0.5, 0.6) is 0 Å². The molecule has 2 fully saturated rings. The predicted octanol–water partition coefficient (Wildman–Crippen LogP) is 7.50. The zero-order valence-corrected chi connectivity index (χ0v) is 49.7. The molecule has 0 aliphatic carbocycles. The number of ether oxygens (including phenoxy) is 3. The van der Waals surface area contributed by atoms with E-state index in [1.54, 1.807) is 79.8 Å². The lowest BCUT2D eigenvalue weighted by Crippen LogP contribution is -2.54. The van der Waals surface area contributed by atoms with E-state index in [2.05, 4.69) is 21.3 Å². The topological polar surface area (TPSA) is 266 Å². The summed E-state index contributed by atoms with van der Waals surface area (Å²) in [5, 5.41) is 11.0. The maximum absolute atomic E-state index is 15.6. The average molecular weight is 1220 g/mol. The number of carbonyl (C=O) groups excluding carboxylic acids is 8. The lowest BCUT2D eigenvalue weighted by molar-refractivity contribution is -0.153. The second kappa shape index (κ2) is 30.5. The number of alkyl halides is 1. The minimum Gasteiger partial charge on any atom is -0.445 e. The first-order valence-electron chi connectivity index (χ1n) is 28.9. The normalized spacial score (nSPS) is 17.8. The summed E-state index contributed by atoms with van der Waals surface area (Å²) >= 11 is 6.35. The standard InChI is InChI=1S/C61H76ClF3N10O11/c1-37(2)53(71-50(76)16-7-6-8-26-73-51(77)23-24-52(73)78)57(80)70-47(14-10-25-67-59(66)82)56(79)68-43-20-17-38(18-21-43)36-86-60(83)74-33-40(29-44(74)31-63)34-75(58(81)49-15-11-27-85-49)54(61(3,4)84-5)55-69-48(45-30-41(62)19-22-46(45)65)35-72(55)32-39-12-9-13-42(64)28-39/h9,12-13,17-24,28,30,35,37,40,44,47,49,53-54H,6-8,10-11,14-16,25-27,29,31-34,36H2,1-5H3,(H,68,79)(H,70,80)(H,71,76)(H3,66,67,82)/t40-,44-,47-,49-,53-,54-/m0/s1. The van der Waals surface area contributed by atoms with Crippen LogP contribution in [0.25, 0.3) is 11.3 Å². The van der Waals surface area contributed by atoms with Gasteiger partial charge < -0.3 is 55.6 Å². The summed E-state index contributed by atoms with van der Waals surface area (Å²) in [4.78, 5) is 113. The van der Waals surface area contributed by atoms with Gasteiger partial charge in [-0.2, -0.15) is 0 Å². The number of rotatable bonds is 29. The lowest BCUT2D eigenvalue weighted by atomic mass is 9.93. The number of carbonyl (C=O) groups is 8. The molecule has 25 heteroatoms. The summed E-state index contributed by atoms with van der Waals surface area (Å²) in [6, 6.07) is 11.6. The predicted molar refractivity (Wildman–Crippen MR) is 312 cm³/mol. The Hall–Kier alpha value is -7.83. The van der Waals surface area contributed by atoms with E-state index < -0.39 is 95.9 Å². The number of nitrogens with zero attached hydrogens (tertiary/aromatic N) is 5. The number of amides is 9. The van der Waals surface area contributed by atoms with E-state index in [-0.39, 0.29) is 105 Å². The zero-order valence-electron chi connectivity index (χ0n) is 49.0. The Labute approximate surface area is 502 Å². The van der Waals surface area contributed by atoms with Crippen LogP contribution in [0, 0.1) is 23.5 Å². The van der Waals surface area contributed by atoms with Crippen LogP contribution >= 0.6 is 11.6 Å². The molecule has 6 N–H and O–H groups in total. The number of benzene rings is 3. The van der Waals surface area contributed by atoms with Crippen LogP contribution in [-0.4, -0.2) is 148 Å². The van der Waals surface area contributed by atoms with Crippen LogP contribution in [0.15, 0.2) is 85.1 Å². The van der Waals surface area contributed by atoms with Gasteiger partial charge in [0.25, 0.3) is 17.7 Å². The van der Waals surface area contributed by atoms with Crippen molar-refractivity contribution in [2.75, 3.05) is 51.9 Å². The van der Waals surface area contributed by atoms with Crippen LogP contribution in [0.1, 0.15) is 108 Å². The quantitative estimate of drug-likeness (QED) is 0.0261. The molecule has 3 aliphatic heterocycles. The maximum atomic E-state index is 15.6. The highest BCUT2D eigenvalue weighted by Crippen LogP contribution is 2.40. The summed E-state index contributed by atoms with van der Waals surface area (Å²) < 4.78 is 64.8. The molecule has 0 unspecified atom stereocenters. The summed E-state index contributed by atoms with van der Waals surface area (Å²) in [6.45, 7) is 6.61. The molecule has 4 aromatic rings. The van der Waals surface area contributed by atoms with Gasteiger partial charge in [-0.1, -0.05) is 56.1 Å². The molecular formula is C61H76ClF3N10O11. The van der Waals surface area contributed by atoms with Crippen molar-refractivity contribution in [3.8, 4) is 11.3 Å². The molecule has 21 nitrogen and oxygen atoms in total. The largest absolute Gasteiger partial charge is 0.445 e. The van der Waals surface area contributed by atoms with Crippen LogP contribution in [-0.2, 0) is 56.1 Å². The van der Waals surface area contributed by atoms with Gasteiger partial charge in [-0.05, 0) is 124 Å². The summed E-state index contributed by atoms with van der Waals surface area (Å²) in [5.74, 6) is -4.43. The number of nitrogens with two attached hydrogens (primary N) is 1. The van der Waals surface area contributed by atoms with Gasteiger partial charge >= 0.3 is 12.1 Å². The van der Waals surface area contributed by atoms with Gasteiger partial charge in [0.2, 0.25) is 17.7 Å². The van der Waals surface area contributed by atoms with Crippen molar-refractivity contribution in [3.63, 3.8) is 0 Å². The Morgan fingerprint density at radius 2 is 1.67 bits per heavy atom. The molecule has 3 aromatic carbocycles. The van der Waals surface area contributed by atoms with Gasteiger partial charge in [-0.25, -0.2) is 27.7 Å². The van der Waals surface area contributed by atoms with E-state index in [1.165, 1.54) is 54.5 Å². The highest BCUT2D eigenvalue weighted by Gasteiger charge is 2.47. The average Bonchev–Trinajstić information content (AvgIpc) is 2.31. The third-order valence-electron chi connectivity index (χ3n) is 15.5. The van der Waals surface area contributed by atoms with E-state index in [9.17, 15) is 42.7 Å². The first-order chi connectivity index (χ1) is 41.0. The molecule has 4 heterocycles. The van der Waals surface area contributed by atoms with Crippen LogP contribution in [0.3, 0.4) is 0 Å². The fourth-order valence-electron chi connectivity index (χ4n) is 10.8. The van der Waals surface area contributed by atoms with Gasteiger partial charge in [0.15, 0.2) is 0 Å². The number of urea groups is 1. The Balaban J connectivity index is 1.01. The van der Waals surface area contributed by atoms with Gasteiger partial charge in [0, 0.05) is 87.5 Å². The number of anilines is 1. The SMILES string of the molecule is COC(C)(C)[C@H](c1nc(-c2cc(Cl)ccc2F)cn1Cc1cccc(F)c1)N(C[C@H]1C[C@@H](CF)N(C(=O)OCc2ccc(NC(=O)[C@H](CCCNC(N)=O)NC(=O)[C@@H](NC(=O)CCCCCN3C(=O)C=CC3=O)C(C)C)cc2)C1)C(=O)[C@@H]1CCCO1. The summed E-state index contributed by atoms with van der Waals surface area (Å²) in [6.07, 6.45) is 5.48. The second-order valence-electron chi connectivity index (χ2n) is 22.6. The van der Waals surface area contributed by atoms with E-state index in [1.807, 2.05) is 0 Å². The number of hydrogen-bond acceptors (Lipinski definition) is 12. The number of halogens is 4. The number of primary amides is 1. The van der Waals surface area contributed by atoms with E-state index in [0.29, 0.717) is 55.5 Å². The second-order valence-corrected chi connectivity index (χ2v) is 23.1. The Bertz CT molecular complexity index is 3080. The van der Waals surface area contributed by atoms with Crippen molar-refractivity contribution < 1.29 is 65.7 Å². The molecule has 0 spiro atoms. The Morgan fingerprint density at radius 3 is 2.34 bits per heavy atom. The third-order valence-corrected chi connectivity index (χ3v) is 15.7. The number of hydrogen-bond donors (Lipinski definition) is 5. The number of methoxy groups -OCH3 is 1. The fraction of sp³-hybridized carbons (Fsp3) is 0.492. The number of unbranched alkanes of at least 4 members (excludes halogenated alkanes) is 2. The molecule has 464 valence electrons. The van der Waals surface area contributed by atoms with Crippen molar-refractivity contribution in [3.05, 3.63) is 119 Å². The number of imidazole rings is 1. The van der Waals surface area contributed by atoms with E-state index in [4.69, 9.17) is 36.5 Å². The number of imide groups is 1. The monoisotopic (exact) mass is 1220 g/mol. The van der Waals surface area contributed by atoms with Crippen molar-refractivity contribution >= 4 is 64.9 Å². The van der Waals surface area contributed by atoms with Crippen molar-refractivity contribution in [1.82, 2.24) is 40.2 Å². The molecule has 0 saturated carbocycles. The van der Waals surface area contributed by atoms with Crippen molar-refractivity contribution in [1.29, 1.82) is 0 Å². The maximum Gasteiger partial charge on any atom is 0.410 e. The summed E-state index contributed by atoms with van der Waals surface area (Å²) in [7, 11) is 1.48. The van der Waals surface area contributed by atoms with E-state index in [0.717, 1.165) is 4.90 Å². The molecule has 1 aromatic heterocycles. The highest BCUT2D eigenvalue weighted by atomic mass is 35.5. The molecule has 0 radical (unpaired) electrons. The van der Waals surface area contributed by atoms with E-state index >= 15 is 8.78 Å². The molecule has 6 atom stereocenters. The molecule has 0 bridgehead atoms. The Kier molecular flexibility index (Phi) is 23.3. The lowest BCUT2D eigenvalue weighted by Gasteiger charge is -2.42. The molecular weight excluding hydrogens is 1140 g/mol. The van der Waals surface area contributed by atoms with Crippen LogP contribution in [0.2, 0.25) is 5.02 Å². The number of nitrogens with one attached hydrogen (secondary N) is 4. The van der Waals surface area contributed by atoms with Gasteiger partial charge in [-0.3, -0.25) is 33.7 Å². The van der Waals surface area contributed by atoms with Gasteiger partial charge in [0.1, 0.15) is 55.0 Å². The minimum absolute atomic E-state index is 0.00176. The molecule has 2 saturated heterocycles. The van der Waals surface area contributed by atoms with Gasteiger partial charge in [0.05, 0.1) is 17.3 Å². The zero-order chi connectivity index (χ0) is 62.2. The van der Waals surface area contributed by atoms with Crippen molar-refractivity contribution in [2.45, 2.75) is 135 Å². The molecule has 9 amide bonds.